The van der Waals surface area contributed by atoms with Gasteiger partial charge < -0.3 is 9.73 Å². The molecule has 2 aliphatic rings. The summed E-state index contributed by atoms with van der Waals surface area (Å²) < 4.78 is 33.9. The topological polar surface area (TPSA) is 104 Å². The van der Waals surface area contributed by atoms with Gasteiger partial charge in [0.25, 0.3) is 10.0 Å². The van der Waals surface area contributed by atoms with Crippen LogP contribution in [0, 0.1) is 5.92 Å². The number of halogens is 1. The summed E-state index contributed by atoms with van der Waals surface area (Å²) in [6, 6.07) is 11.0. The molecule has 4 rings (SSSR count). The number of hydrazine groups is 1. The van der Waals surface area contributed by atoms with Crippen molar-refractivity contribution in [2.45, 2.75) is 36.9 Å². The monoisotopic (exact) mass is 496 g/mol. The molecular formula is C20H25BrN4O4S. The standard InChI is InChI=1S/C20H25BrN4O4S/c21-16-3-1-14(2-4-16)13-22-20(26)15-8-11-25(12-9-15)30(27,28)19-6-5-18(29-19)17-7-10-23-24-17/h1-6,15,17,23-24H,7-13H2,(H,22,26). The minimum absolute atomic E-state index is 0.0193. The van der Waals surface area contributed by atoms with Crippen LogP contribution in [0.4, 0.5) is 0 Å². The number of carbonyl (C=O) groups excluding carboxylic acids is 1. The Labute approximate surface area is 184 Å². The number of hydrogen-bond donors (Lipinski definition) is 3. The van der Waals surface area contributed by atoms with E-state index < -0.39 is 10.0 Å². The van der Waals surface area contributed by atoms with Crippen LogP contribution in [-0.4, -0.2) is 38.3 Å². The van der Waals surface area contributed by atoms with Crippen LogP contribution >= 0.6 is 15.9 Å². The summed E-state index contributed by atoms with van der Waals surface area (Å²) in [5, 5.41) is 2.92. The predicted molar refractivity (Wildman–Crippen MR) is 115 cm³/mol. The van der Waals surface area contributed by atoms with E-state index in [-0.39, 0.29) is 23.0 Å². The number of benzene rings is 1. The Hall–Kier alpha value is -1.72. The molecule has 8 nitrogen and oxygen atoms in total. The lowest BCUT2D eigenvalue weighted by Crippen LogP contribution is -2.42. The van der Waals surface area contributed by atoms with E-state index in [2.05, 4.69) is 32.1 Å². The number of sulfonamides is 1. The number of rotatable bonds is 6. The second-order valence-electron chi connectivity index (χ2n) is 7.59. The van der Waals surface area contributed by atoms with E-state index in [4.69, 9.17) is 4.42 Å². The van der Waals surface area contributed by atoms with Crippen LogP contribution in [0.1, 0.15) is 36.6 Å². The van der Waals surface area contributed by atoms with E-state index in [0.717, 1.165) is 23.0 Å². The highest BCUT2D eigenvalue weighted by atomic mass is 79.9. The number of carbonyl (C=O) groups is 1. The van der Waals surface area contributed by atoms with Crippen LogP contribution in [0.3, 0.4) is 0 Å². The van der Waals surface area contributed by atoms with Crippen molar-refractivity contribution in [3.8, 4) is 0 Å². The maximum atomic E-state index is 12.9. The fraction of sp³-hybridized carbons (Fsp3) is 0.450. The Balaban J connectivity index is 1.31. The summed E-state index contributed by atoms with van der Waals surface area (Å²) in [6.07, 6.45) is 1.83. The maximum absolute atomic E-state index is 12.9. The van der Waals surface area contributed by atoms with E-state index in [1.54, 1.807) is 6.07 Å². The molecule has 0 saturated carbocycles. The van der Waals surface area contributed by atoms with Gasteiger partial charge in [-0.05, 0) is 49.1 Å². The van der Waals surface area contributed by atoms with Gasteiger partial charge >= 0.3 is 0 Å². The Kier molecular flexibility index (Phi) is 6.59. The third-order valence-corrected chi connectivity index (χ3v) is 7.88. The highest BCUT2D eigenvalue weighted by molar-refractivity contribution is 9.10. The summed E-state index contributed by atoms with van der Waals surface area (Å²) in [5.74, 6) is 0.392. The molecule has 30 heavy (non-hydrogen) atoms. The molecule has 3 N–H and O–H groups in total. The summed E-state index contributed by atoms with van der Waals surface area (Å²) in [6.45, 7) is 1.88. The van der Waals surface area contributed by atoms with Gasteiger partial charge in [0.1, 0.15) is 5.76 Å². The lowest BCUT2D eigenvalue weighted by molar-refractivity contribution is -0.126. The largest absolute Gasteiger partial charge is 0.447 e. The van der Waals surface area contributed by atoms with Crippen molar-refractivity contribution in [1.29, 1.82) is 0 Å². The lowest BCUT2D eigenvalue weighted by Gasteiger charge is -2.29. The Morgan fingerprint density at radius 2 is 1.87 bits per heavy atom. The second kappa shape index (κ2) is 9.19. The van der Waals surface area contributed by atoms with Crippen molar-refractivity contribution in [3.05, 3.63) is 52.2 Å². The molecule has 3 heterocycles. The number of furan rings is 1. The highest BCUT2D eigenvalue weighted by Gasteiger charge is 2.34. The Bertz CT molecular complexity index is 978. The number of amides is 1. The van der Waals surface area contributed by atoms with Crippen molar-refractivity contribution < 1.29 is 17.6 Å². The molecule has 2 aliphatic heterocycles. The summed E-state index contributed by atoms with van der Waals surface area (Å²) in [7, 11) is -3.70. The number of nitrogens with one attached hydrogen (secondary N) is 3. The second-order valence-corrected chi connectivity index (χ2v) is 10.4. The van der Waals surface area contributed by atoms with E-state index >= 15 is 0 Å². The number of nitrogens with zero attached hydrogens (tertiary/aromatic N) is 1. The third-order valence-electron chi connectivity index (χ3n) is 5.58. The molecule has 1 aromatic heterocycles. The fourth-order valence-electron chi connectivity index (χ4n) is 3.78. The van der Waals surface area contributed by atoms with Crippen LogP contribution in [0.15, 0.2) is 50.4 Å². The quantitative estimate of drug-likeness (QED) is 0.566. The van der Waals surface area contributed by atoms with Crippen LogP contribution in [0.2, 0.25) is 0 Å². The summed E-state index contributed by atoms with van der Waals surface area (Å²) in [4.78, 5) is 12.5. The van der Waals surface area contributed by atoms with Crippen LogP contribution in [0.25, 0.3) is 0 Å². The zero-order valence-corrected chi connectivity index (χ0v) is 18.8. The first-order valence-electron chi connectivity index (χ1n) is 10.0. The van der Waals surface area contributed by atoms with Gasteiger partial charge in [-0.15, -0.1) is 0 Å². The smallest absolute Gasteiger partial charge is 0.276 e. The van der Waals surface area contributed by atoms with Gasteiger partial charge in [0.05, 0.1) is 6.04 Å². The molecule has 1 amide bonds. The van der Waals surface area contributed by atoms with Crippen molar-refractivity contribution >= 4 is 31.9 Å². The fourth-order valence-corrected chi connectivity index (χ4v) is 5.43. The predicted octanol–water partition coefficient (Wildman–Crippen LogP) is 2.30. The van der Waals surface area contributed by atoms with Gasteiger partial charge in [0, 0.05) is 36.6 Å². The number of hydrogen-bond acceptors (Lipinski definition) is 6. The van der Waals surface area contributed by atoms with Crippen LogP contribution < -0.4 is 16.2 Å². The first-order valence-corrected chi connectivity index (χ1v) is 12.3. The zero-order chi connectivity index (χ0) is 21.1. The van der Waals surface area contributed by atoms with Gasteiger partial charge in [-0.2, -0.15) is 4.31 Å². The zero-order valence-electron chi connectivity index (χ0n) is 16.4. The summed E-state index contributed by atoms with van der Waals surface area (Å²) >= 11 is 3.39. The molecule has 162 valence electrons. The molecular weight excluding hydrogens is 472 g/mol. The highest BCUT2D eigenvalue weighted by Crippen LogP contribution is 2.28. The van der Waals surface area contributed by atoms with Gasteiger partial charge in [0.15, 0.2) is 0 Å². The molecule has 10 heteroatoms. The Morgan fingerprint density at radius 3 is 2.53 bits per heavy atom. The molecule has 0 radical (unpaired) electrons. The van der Waals surface area contributed by atoms with Crippen molar-refractivity contribution in [1.82, 2.24) is 20.5 Å². The molecule has 0 bridgehead atoms. The molecule has 2 aromatic rings. The number of piperidine rings is 1. The first-order chi connectivity index (χ1) is 14.4. The molecule has 0 aliphatic carbocycles. The summed E-state index contributed by atoms with van der Waals surface area (Å²) in [5.41, 5.74) is 7.09. The minimum atomic E-state index is -3.70. The van der Waals surface area contributed by atoms with Crippen molar-refractivity contribution in [2.24, 2.45) is 5.92 Å². The van der Waals surface area contributed by atoms with Crippen molar-refractivity contribution in [3.63, 3.8) is 0 Å². The normalized spacial score (nSPS) is 21.0. The van der Waals surface area contributed by atoms with Crippen LogP contribution in [0.5, 0.6) is 0 Å². The van der Waals surface area contributed by atoms with Gasteiger partial charge in [-0.3, -0.25) is 10.2 Å². The van der Waals surface area contributed by atoms with E-state index in [1.165, 1.54) is 10.4 Å². The van der Waals surface area contributed by atoms with E-state index in [1.807, 2.05) is 24.3 Å². The third kappa shape index (κ3) is 4.78. The molecule has 1 aromatic carbocycles. The SMILES string of the molecule is O=C(NCc1ccc(Br)cc1)C1CCN(S(=O)(=O)c2ccc(C3CCNN3)o2)CC1. The first kappa shape index (κ1) is 21.5. The van der Waals surface area contributed by atoms with E-state index in [9.17, 15) is 13.2 Å². The average Bonchev–Trinajstić information content (AvgIpc) is 3.45. The van der Waals surface area contributed by atoms with Crippen molar-refractivity contribution in [2.75, 3.05) is 19.6 Å². The van der Waals surface area contributed by atoms with E-state index in [0.29, 0.717) is 38.2 Å². The molecule has 2 saturated heterocycles. The molecule has 1 atom stereocenters. The Morgan fingerprint density at radius 1 is 1.13 bits per heavy atom. The average molecular weight is 497 g/mol. The molecule has 0 spiro atoms. The maximum Gasteiger partial charge on any atom is 0.276 e. The lowest BCUT2D eigenvalue weighted by atomic mass is 9.97. The molecule has 1 unspecified atom stereocenters. The molecule has 2 fully saturated rings. The van der Waals surface area contributed by atoms with Crippen LogP contribution in [-0.2, 0) is 21.4 Å². The van der Waals surface area contributed by atoms with Gasteiger partial charge in [-0.25, -0.2) is 13.8 Å². The van der Waals surface area contributed by atoms with Gasteiger partial charge in [0.2, 0.25) is 11.0 Å². The van der Waals surface area contributed by atoms with Gasteiger partial charge in [-0.1, -0.05) is 28.1 Å². The minimum Gasteiger partial charge on any atom is -0.447 e.